The number of phosphoric ester groups is 2. The van der Waals surface area contributed by atoms with E-state index in [-0.39, 0.29) is 24.3 Å². The molecular weight excluding hydrogens is 785 g/mol. The molecule has 2 unspecified atom stereocenters. The predicted octanol–water partition coefficient (Wildman–Crippen LogP) is -0.303. The number of imidazole rings is 1. The molecule has 0 saturated carbocycles. The molecule has 1 amide bonds. The van der Waals surface area contributed by atoms with Gasteiger partial charge in [0.25, 0.3) is 5.56 Å². The van der Waals surface area contributed by atoms with Gasteiger partial charge in [0.05, 0.1) is 24.9 Å². The van der Waals surface area contributed by atoms with Crippen LogP contribution in [-0.2, 0) is 54.5 Å². The largest absolute Gasteiger partial charge is 0.472 e. The third-order valence-corrected chi connectivity index (χ3v) is 12.3. The van der Waals surface area contributed by atoms with Crippen molar-refractivity contribution in [1.29, 1.82) is 0 Å². The highest BCUT2D eigenvalue weighted by atomic mass is 32.2. The molecule has 8 heterocycles. The Morgan fingerprint density at radius 1 is 0.981 bits per heavy atom. The number of phosphoric acid groups is 2. The molecule has 22 nitrogen and oxygen atoms in total. The van der Waals surface area contributed by atoms with Gasteiger partial charge >= 0.3 is 15.6 Å². The number of aromatic nitrogens is 7. The van der Waals surface area contributed by atoms with Crippen molar-refractivity contribution < 1.29 is 65.9 Å². The van der Waals surface area contributed by atoms with Crippen LogP contribution in [0.1, 0.15) is 24.4 Å². The van der Waals surface area contributed by atoms with E-state index in [1.165, 1.54) is 22.7 Å². The van der Waals surface area contributed by atoms with Crippen molar-refractivity contribution in [2.45, 2.75) is 73.6 Å². The zero-order chi connectivity index (χ0) is 37.9. The van der Waals surface area contributed by atoms with Gasteiger partial charge in [-0.1, -0.05) is 0 Å². The summed E-state index contributed by atoms with van der Waals surface area (Å²) >= 11 is 1.53. The summed E-state index contributed by atoms with van der Waals surface area (Å²) in [5.41, 5.74) is 0.282. The smallest absolute Gasteiger partial charge is 0.387 e. The molecule has 0 aromatic carbocycles. The SMILES string of the molecule is O=C(CO)NCCn1cnc2c(ncn2[C@@H]2O[C@@H]3COP(=O)(O)O[C@H]4[C@@H](F)[C@H](n5cc6c7c(ncnc75)SCCC6)O[C@@H]4COP(=O)(O)O[C@@H]2[C@@H]3O)c1=O. The number of carbonyl (C=O) groups is 1. The van der Waals surface area contributed by atoms with Crippen molar-refractivity contribution in [3.05, 3.63) is 41.1 Å². The highest BCUT2D eigenvalue weighted by molar-refractivity contribution is 7.99. The number of aliphatic hydroxyl groups excluding tert-OH is 2. The van der Waals surface area contributed by atoms with E-state index in [2.05, 4.69) is 25.3 Å². The van der Waals surface area contributed by atoms with Gasteiger partial charge in [0.1, 0.15) is 60.5 Å². The zero-order valence-electron chi connectivity index (χ0n) is 27.8. The topological polar surface area (TPSA) is 283 Å². The summed E-state index contributed by atoms with van der Waals surface area (Å²) in [6.45, 7) is -2.50. The third-order valence-electron chi connectivity index (χ3n) is 9.29. The number of carbonyl (C=O) groups excluding carboxylic acids is 1. The Kier molecular flexibility index (Phi) is 10.3. The molecule has 26 heteroatoms. The van der Waals surface area contributed by atoms with E-state index >= 15 is 4.39 Å². The highest BCUT2D eigenvalue weighted by Crippen LogP contribution is 2.54. The molecule has 8 rings (SSSR count). The molecular formula is C28H33FN8O14P2S. The molecule has 4 aliphatic heterocycles. The van der Waals surface area contributed by atoms with Gasteiger partial charge in [-0.25, -0.2) is 33.5 Å². The maximum atomic E-state index is 16.3. The molecule has 0 spiro atoms. The van der Waals surface area contributed by atoms with E-state index in [0.29, 0.717) is 17.1 Å². The lowest BCUT2D eigenvalue weighted by atomic mass is 10.1. The summed E-state index contributed by atoms with van der Waals surface area (Å²) < 4.78 is 79.7. The second kappa shape index (κ2) is 14.7. The van der Waals surface area contributed by atoms with E-state index in [1.54, 1.807) is 6.20 Å². The molecule has 0 aliphatic carbocycles. The van der Waals surface area contributed by atoms with Crippen LogP contribution in [0.25, 0.3) is 22.2 Å². The summed E-state index contributed by atoms with van der Waals surface area (Å²) in [6, 6.07) is 0. The van der Waals surface area contributed by atoms with Gasteiger partial charge in [0.15, 0.2) is 29.8 Å². The maximum Gasteiger partial charge on any atom is 0.472 e. The van der Waals surface area contributed by atoms with Crippen LogP contribution in [0, 0.1) is 0 Å². The van der Waals surface area contributed by atoms with Crippen molar-refractivity contribution in [3.8, 4) is 0 Å². The minimum absolute atomic E-state index is 0.00852. The summed E-state index contributed by atoms with van der Waals surface area (Å²) in [5.74, 6) is 0.182. The van der Waals surface area contributed by atoms with E-state index in [4.69, 9.17) is 32.7 Å². The van der Waals surface area contributed by atoms with Crippen molar-refractivity contribution in [2.75, 3.05) is 32.1 Å². The Hall–Kier alpha value is -3.22. The summed E-state index contributed by atoms with van der Waals surface area (Å²) in [5, 5.41) is 23.9. The van der Waals surface area contributed by atoms with Crippen LogP contribution in [0.3, 0.4) is 0 Å². The molecule has 10 atom stereocenters. The molecule has 4 aliphatic rings. The van der Waals surface area contributed by atoms with Gasteiger partial charge in [-0.2, -0.15) is 0 Å². The molecule has 2 bridgehead atoms. The quantitative estimate of drug-likeness (QED) is 0.123. The van der Waals surface area contributed by atoms with Crippen molar-refractivity contribution in [1.82, 2.24) is 39.0 Å². The Morgan fingerprint density at radius 2 is 1.72 bits per heavy atom. The number of hydrogen-bond acceptors (Lipinski definition) is 17. The number of alkyl halides is 1. The normalized spacial score (nSPS) is 34.5. The van der Waals surface area contributed by atoms with Gasteiger partial charge in [0.2, 0.25) is 5.91 Å². The molecule has 54 heavy (non-hydrogen) atoms. The number of nitrogens with zero attached hydrogens (tertiary/aromatic N) is 7. The summed E-state index contributed by atoms with van der Waals surface area (Å²) in [4.78, 5) is 63.1. The number of amides is 1. The zero-order valence-corrected chi connectivity index (χ0v) is 30.4. The van der Waals surface area contributed by atoms with E-state index in [9.17, 15) is 33.6 Å². The Bertz CT molecular complexity index is 2240. The Balaban J connectivity index is 1.06. The Labute approximate surface area is 306 Å². The first-order chi connectivity index (χ1) is 25.8. The monoisotopic (exact) mass is 818 g/mol. The predicted molar refractivity (Wildman–Crippen MR) is 178 cm³/mol. The third kappa shape index (κ3) is 7.04. The fourth-order valence-electron chi connectivity index (χ4n) is 6.79. The number of hydrogen-bond donors (Lipinski definition) is 5. The fraction of sp³-hybridized carbons (Fsp3) is 0.571. The van der Waals surface area contributed by atoms with Crippen molar-refractivity contribution in [3.63, 3.8) is 0 Å². The number of aliphatic hydroxyl groups is 2. The molecule has 0 radical (unpaired) electrons. The average Bonchev–Trinajstić information content (AvgIpc) is 3.85. The highest BCUT2D eigenvalue weighted by Gasteiger charge is 2.54. The van der Waals surface area contributed by atoms with Crippen molar-refractivity contribution in [2.24, 2.45) is 0 Å². The molecule has 292 valence electrons. The first-order valence-corrected chi connectivity index (χ1v) is 20.5. The Morgan fingerprint density at radius 3 is 2.50 bits per heavy atom. The molecule has 4 aromatic heterocycles. The van der Waals surface area contributed by atoms with Gasteiger partial charge in [0, 0.05) is 19.3 Å². The van der Waals surface area contributed by atoms with E-state index < -0.39 is 96.1 Å². The number of halogens is 1. The van der Waals surface area contributed by atoms with Crippen LogP contribution in [0.2, 0.25) is 0 Å². The van der Waals surface area contributed by atoms with Crippen LogP contribution >= 0.6 is 27.4 Å². The van der Waals surface area contributed by atoms with Gasteiger partial charge in [-0.05, 0) is 24.2 Å². The number of fused-ring (bicyclic) bond motifs is 4. The number of ether oxygens (including phenoxy) is 2. The second-order valence-electron chi connectivity index (χ2n) is 12.7. The summed E-state index contributed by atoms with van der Waals surface area (Å²) in [6.07, 6.45) is -6.91. The lowest BCUT2D eigenvalue weighted by Gasteiger charge is -2.25. The fourth-order valence-corrected chi connectivity index (χ4v) is 9.65. The van der Waals surface area contributed by atoms with Crippen LogP contribution < -0.4 is 10.9 Å². The number of aryl methyl sites for hydroxylation is 1. The minimum Gasteiger partial charge on any atom is -0.387 e. The maximum absolute atomic E-state index is 16.3. The number of thioether (sulfide) groups is 1. The lowest BCUT2D eigenvalue weighted by molar-refractivity contribution is -0.123. The molecule has 3 fully saturated rings. The van der Waals surface area contributed by atoms with Gasteiger partial charge in [-0.15, -0.1) is 11.8 Å². The first-order valence-electron chi connectivity index (χ1n) is 16.6. The first kappa shape index (κ1) is 37.7. The van der Waals surface area contributed by atoms with Gasteiger partial charge in [-0.3, -0.25) is 36.8 Å². The number of rotatable bonds is 6. The van der Waals surface area contributed by atoms with E-state index in [1.807, 2.05) is 0 Å². The molecule has 4 aromatic rings. The van der Waals surface area contributed by atoms with Crippen LogP contribution in [0.4, 0.5) is 4.39 Å². The average molecular weight is 819 g/mol. The van der Waals surface area contributed by atoms with E-state index in [0.717, 1.165) is 44.9 Å². The second-order valence-corrected chi connectivity index (χ2v) is 16.6. The van der Waals surface area contributed by atoms with Gasteiger partial charge < -0.3 is 39.4 Å². The lowest BCUT2D eigenvalue weighted by Crippen LogP contribution is -2.35. The van der Waals surface area contributed by atoms with Crippen LogP contribution in [0.5, 0.6) is 0 Å². The molecule has 5 N–H and O–H groups in total. The number of nitrogens with one attached hydrogen (secondary N) is 1. The molecule has 3 saturated heterocycles. The standard InChI is InChI=1S/C28H33FN8O14P2S/c29-18-21-15(49-27(18)36-6-13-2-1-5-54-25-17(13)23(36)31-10-32-25)9-47-53(44,45)51-22-20(40)14(8-46-52(42,43)50-21)48-28(22)37-12-33-19-24(37)34-11-35(26(19)41)4-3-30-16(39)7-38/h6,10-12,14-15,18,20-22,27-28,38,40H,1-5,7-9H2,(H,30,39)(H,42,43)(H,44,45)/t14-,15-,18-,20-,21-,22-,27-,28-/m1/s1. The minimum atomic E-state index is -5.19. The van der Waals surface area contributed by atoms with Crippen LogP contribution in [0.15, 0.2) is 35.0 Å². The van der Waals surface area contributed by atoms with Crippen molar-refractivity contribution >= 4 is 55.5 Å². The van der Waals surface area contributed by atoms with Crippen LogP contribution in [-0.4, -0.2) is 128 Å². The summed E-state index contributed by atoms with van der Waals surface area (Å²) in [7, 11) is -10.3.